The van der Waals surface area contributed by atoms with Gasteiger partial charge in [-0.15, -0.1) is 0 Å². The molecule has 0 saturated carbocycles. The van der Waals surface area contributed by atoms with E-state index >= 15 is 0 Å². The molecule has 0 saturated heterocycles. The average molecular weight is 192 g/mol. The van der Waals surface area contributed by atoms with E-state index < -0.39 is 5.54 Å². The molecule has 0 aliphatic heterocycles. The van der Waals surface area contributed by atoms with Gasteiger partial charge in [0.05, 0.1) is 18.1 Å². The maximum atomic E-state index is 8.75. The monoisotopic (exact) mass is 192 g/mol. The summed E-state index contributed by atoms with van der Waals surface area (Å²) in [6, 6.07) is 2.08. The van der Waals surface area contributed by atoms with Gasteiger partial charge in [-0.25, -0.2) is 4.98 Å². The highest BCUT2D eigenvalue weighted by Gasteiger charge is 2.17. The zero-order valence-corrected chi connectivity index (χ0v) is 8.91. The van der Waals surface area contributed by atoms with Gasteiger partial charge < -0.3 is 10.3 Å². The molecule has 0 spiro atoms. The first-order chi connectivity index (χ1) is 6.46. The van der Waals surface area contributed by atoms with E-state index in [2.05, 4.69) is 11.1 Å². The number of aryl methyl sites for hydroxylation is 2. The van der Waals surface area contributed by atoms with Crippen molar-refractivity contribution in [3.63, 3.8) is 0 Å². The van der Waals surface area contributed by atoms with Crippen molar-refractivity contribution in [3.05, 3.63) is 17.7 Å². The highest BCUT2D eigenvalue weighted by atomic mass is 15.1. The second-order valence-electron chi connectivity index (χ2n) is 3.89. The number of nitriles is 1. The Morgan fingerprint density at radius 3 is 2.71 bits per heavy atom. The molecule has 0 bridgehead atoms. The molecule has 1 rings (SSSR count). The fourth-order valence-corrected chi connectivity index (χ4v) is 1.18. The van der Waals surface area contributed by atoms with Crippen LogP contribution >= 0.6 is 0 Å². The molecule has 0 aliphatic rings. The number of aromatic nitrogens is 2. The van der Waals surface area contributed by atoms with Gasteiger partial charge >= 0.3 is 0 Å². The third-order valence-corrected chi connectivity index (χ3v) is 2.47. The van der Waals surface area contributed by atoms with Crippen molar-refractivity contribution in [1.82, 2.24) is 9.55 Å². The Kier molecular flexibility index (Phi) is 2.92. The van der Waals surface area contributed by atoms with E-state index in [0.717, 1.165) is 17.9 Å². The Balaban J connectivity index is 2.64. The van der Waals surface area contributed by atoms with Crippen LogP contribution in [0.3, 0.4) is 0 Å². The van der Waals surface area contributed by atoms with Crippen molar-refractivity contribution < 1.29 is 0 Å². The second-order valence-corrected chi connectivity index (χ2v) is 3.89. The first-order valence-electron chi connectivity index (χ1n) is 4.65. The zero-order chi connectivity index (χ0) is 10.8. The number of nitrogens with zero attached hydrogens (tertiary/aromatic N) is 3. The number of hydrogen-bond acceptors (Lipinski definition) is 3. The SMILES string of the molecule is Cc1ncn(CCC(C)(N)C#N)c1C. The summed E-state index contributed by atoms with van der Waals surface area (Å²) < 4.78 is 2.03. The van der Waals surface area contributed by atoms with Gasteiger partial charge in [-0.2, -0.15) is 5.26 Å². The first-order valence-corrected chi connectivity index (χ1v) is 4.65. The normalized spacial score (nSPS) is 14.8. The van der Waals surface area contributed by atoms with Gasteiger partial charge in [0.15, 0.2) is 0 Å². The van der Waals surface area contributed by atoms with E-state index in [9.17, 15) is 0 Å². The molecule has 4 nitrogen and oxygen atoms in total. The molecule has 1 aromatic rings. The maximum Gasteiger partial charge on any atom is 0.103 e. The molecule has 1 unspecified atom stereocenters. The van der Waals surface area contributed by atoms with Crippen LogP contribution in [0.2, 0.25) is 0 Å². The first kappa shape index (κ1) is 10.7. The van der Waals surface area contributed by atoms with E-state index in [-0.39, 0.29) is 0 Å². The topological polar surface area (TPSA) is 67.6 Å². The van der Waals surface area contributed by atoms with Crippen LogP contribution in [0.4, 0.5) is 0 Å². The summed E-state index contributed by atoms with van der Waals surface area (Å²) in [5.74, 6) is 0. The summed E-state index contributed by atoms with van der Waals surface area (Å²) in [6.07, 6.45) is 2.43. The van der Waals surface area contributed by atoms with Crippen molar-refractivity contribution >= 4 is 0 Å². The highest BCUT2D eigenvalue weighted by Crippen LogP contribution is 2.09. The van der Waals surface area contributed by atoms with Crippen LogP contribution in [0.15, 0.2) is 6.33 Å². The van der Waals surface area contributed by atoms with Crippen molar-refractivity contribution in [2.45, 2.75) is 39.3 Å². The molecular formula is C10H16N4. The second kappa shape index (κ2) is 3.81. The molecular weight excluding hydrogens is 176 g/mol. The van der Waals surface area contributed by atoms with E-state index in [1.165, 1.54) is 0 Å². The number of nitrogens with two attached hydrogens (primary N) is 1. The molecule has 76 valence electrons. The average Bonchev–Trinajstić information content (AvgIpc) is 2.45. The fraction of sp³-hybridized carbons (Fsp3) is 0.600. The lowest BCUT2D eigenvalue weighted by atomic mass is 10.0. The Hall–Kier alpha value is -1.34. The summed E-state index contributed by atoms with van der Waals surface area (Å²) in [5.41, 5.74) is 7.15. The van der Waals surface area contributed by atoms with Crippen LogP contribution in [0, 0.1) is 25.2 Å². The summed E-state index contributed by atoms with van der Waals surface area (Å²) in [6.45, 7) is 6.47. The summed E-state index contributed by atoms with van der Waals surface area (Å²) in [5, 5.41) is 8.75. The molecule has 4 heteroatoms. The fourth-order valence-electron chi connectivity index (χ4n) is 1.18. The van der Waals surface area contributed by atoms with Crippen LogP contribution < -0.4 is 5.73 Å². The van der Waals surface area contributed by atoms with Crippen LogP contribution in [-0.2, 0) is 6.54 Å². The van der Waals surface area contributed by atoms with Gasteiger partial charge in [-0.1, -0.05) is 0 Å². The lowest BCUT2D eigenvalue weighted by Gasteiger charge is -2.15. The minimum absolute atomic E-state index is 0.639. The van der Waals surface area contributed by atoms with E-state index in [1.807, 2.05) is 18.4 Å². The number of rotatable bonds is 3. The summed E-state index contributed by atoms with van der Waals surface area (Å²) in [4.78, 5) is 4.18. The van der Waals surface area contributed by atoms with Crippen LogP contribution in [-0.4, -0.2) is 15.1 Å². The van der Waals surface area contributed by atoms with Gasteiger partial charge in [0, 0.05) is 12.2 Å². The van der Waals surface area contributed by atoms with E-state index in [0.29, 0.717) is 6.42 Å². The molecule has 14 heavy (non-hydrogen) atoms. The quantitative estimate of drug-likeness (QED) is 0.780. The maximum absolute atomic E-state index is 8.75. The predicted molar refractivity (Wildman–Crippen MR) is 54.5 cm³/mol. The number of imidazole rings is 1. The summed E-state index contributed by atoms with van der Waals surface area (Å²) in [7, 11) is 0. The Labute approximate surface area is 84.4 Å². The zero-order valence-electron chi connectivity index (χ0n) is 8.91. The van der Waals surface area contributed by atoms with Crippen molar-refractivity contribution in [3.8, 4) is 6.07 Å². The molecule has 0 amide bonds. The lowest BCUT2D eigenvalue weighted by Crippen LogP contribution is -2.35. The van der Waals surface area contributed by atoms with Crippen molar-refractivity contribution in [2.75, 3.05) is 0 Å². The smallest absolute Gasteiger partial charge is 0.103 e. The Morgan fingerprint density at radius 1 is 1.64 bits per heavy atom. The predicted octanol–water partition coefficient (Wildman–Crippen LogP) is 1.13. The van der Waals surface area contributed by atoms with Gasteiger partial charge in [0.25, 0.3) is 0 Å². The molecule has 1 atom stereocenters. The van der Waals surface area contributed by atoms with Crippen molar-refractivity contribution in [1.29, 1.82) is 5.26 Å². The molecule has 0 aromatic carbocycles. The van der Waals surface area contributed by atoms with Crippen LogP contribution in [0.1, 0.15) is 24.7 Å². The van der Waals surface area contributed by atoms with E-state index in [4.69, 9.17) is 11.0 Å². The van der Waals surface area contributed by atoms with Gasteiger partial charge in [-0.3, -0.25) is 0 Å². The van der Waals surface area contributed by atoms with Crippen molar-refractivity contribution in [2.24, 2.45) is 5.73 Å². The standard InChI is InChI=1S/C10H16N4/c1-8-9(2)14(7-13-8)5-4-10(3,12)6-11/h7H,4-5,12H2,1-3H3. The van der Waals surface area contributed by atoms with Gasteiger partial charge in [0.2, 0.25) is 0 Å². The minimum atomic E-state index is -0.745. The third-order valence-electron chi connectivity index (χ3n) is 2.47. The molecule has 0 fully saturated rings. The largest absolute Gasteiger partial charge is 0.335 e. The van der Waals surface area contributed by atoms with Gasteiger partial charge in [-0.05, 0) is 27.2 Å². The third kappa shape index (κ3) is 2.33. The molecule has 0 radical (unpaired) electrons. The minimum Gasteiger partial charge on any atom is -0.335 e. The van der Waals surface area contributed by atoms with E-state index in [1.54, 1.807) is 13.3 Å². The molecule has 1 heterocycles. The van der Waals surface area contributed by atoms with Gasteiger partial charge in [0.1, 0.15) is 5.54 Å². The Morgan fingerprint density at radius 2 is 2.29 bits per heavy atom. The Bertz CT molecular complexity index is 357. The highest BCUT2D eigenvalue weighted by molar-refractivity contribution is 5.09. The molecule has 1 aromatic heterocycles. The lowest BCUT2D eigenvalue weighted by molar-refractivity contribution is 0.486. The summed E-state index contributed by atoms with van der Waals surface area (Å²) >= 11 is 0. The molecule has 2 N–H and O–H groups in total. The number of hydrogen-bond donors (Lipinski definition) is 1. The van der Waals surface area contributed by atoms with Crippen LogP contribution in [0.5, 0.6) is 0 Å². The molecule has 0 aliphatic carbocycles. The van der Waals surface area contributed by atoms with Crippen LogP contribution in [0.25, 0.3) is 0 Å².